The average molecular weight is 215 g/mol. The van der Waals surface area contributed by atoms with E-state index in [4.69, 9.17) is 4.74 Å². The lowest BCUT2D eigenvalue weighted by Crippen LogP contribution is -2.46. The molecule has 0 aromatic carbocycles. The third kappa shape index (κ3) is 3.51. The van der Waals surface area contributed by atoms with E-state index in [1.807, 2.05) is 0 Å². The third-order valence-corrected chi connectivity index (χ3v) is 2.01. The summed E-state index contributed by atoms with van der Waals surface area (Å²) in [6.07, 6.45) is -0.833. The van der Waals surface area contributed by atoms with Crippen LogP contribution < -0.4 is 0 Å². The largest absolute Gasteiger partial charge is 0.443 e. The molecule has 0 aromatic heterocycles. The zero-order valence-corrected chi connectivity index (χ0v) is 9.32. The van der Waals surface area contributed by atoms with Crippen molar-refractivity contribution in [2.45, 2.75) is 45.3 Å². The molecule has 5 nitrogen and oxygen atoms in total. The topological polar surface area (TPSA) is 66.8 Å². The van der Waals surface area contributed by atoms with E-state index >= 15 is 0 Å². The summed E-state index contributed by atoms with van der Waals surface area (Å²) < 4.78 is 5.07. The van der Waals surface area contributed by atoms with Crippen LogP contribution in [0, 0.1) is 0 Å². The highest BCUT2D eigenvalue weighted by atomic mass is 16.6. The number of hydrogen-bond donors (Lipinski definition) is 1. The van der Waals surface area contributed by atoms with Crippen LogP contribution in [-0.2, 0) is 9.53 Å². The van der Waals surface area contributed by atoms with Gasteiger partial charge >= 0.3 is 6.09 Å². The van der Waals surface area contributed by atoms with E-state index in [9.17, 15) is 14.7 Å². The summed E-state index contributed by atoms with van der Waals surface area (Å²) in [6.45, 7) is 5.46. The van der Waals surface area contributed by atoms with Crippen LogP contribution in [0.25, 0.3) is 0 Å². The van der Waals surface area contributed by atoms with Crippen molar-refractivity contribution in [3.05, 3.63) is 0 Å². The second-order valence-corrected chi connectivity index (χ2v) is 4.67. The van der Waals surface area contributed by atoms with Gasteiger partial charge in [0.05, 0.1) is 12.5 Å². The van der Waals surface area contributed by atoms with Gasteiger partial charge in [-0.3, -0.25) is 4.79 Å². The first-order valence-corrected chi connectivity index (χ1v) is 5.01. The van der Waals surface area contributed by atoms with E-state index in [0.29, 0.717) is 6.42 Å². The first-order chi connectivity index (χ1) is 6.79. The zero-order valence-electron chi connectivity index (χ0n) is 9.32. The standard InChI is InChI=1S/C10H17NO4/c1-10(2,3)15-9(14)11-5-4-7(12)6-8(11)13/h7,12H,4-6H2,1-3H3. The number of aliphatic hydroxyl groups is 1. The predicted octanol–water partition coefficient (Wildman–Crippen LogP) is 0.905. The highest BCUT2D eigenvalue weighted by Gasteiger charge is 2.31. The Balaban J connectivity index is 2.57. The molecule has 1 aliphatic heterocycles. The van der Waals surface area contributed by atoms with Crippen LogP contribution in [0.15, 0.2) is 0 Å². The lowest BCUT2D eigenvalue weighted by Gasteiger charge is -2.30. The SMILES string of the molecule is CC(C)(C)OC(=O)N1CCC(O)CC1=O. The molecule has 1 fully saturated rings. The number of ether oxygens (including phenoxy) is 1. The Morgan fingerprint density at radius 2 is 2.13 bits per heavy atom. The van der Waals surface area contributed by atoms with E-state index in [0.717, 1.165) is 4.90 Å². The number of imide groups is 1. The maximum absolute atomic E-state index is 11.5. The monoisotopic (exact) mass is 215 g/mol. The number of nitrogens with zero attached hydrogens (tertiary/aromatic N) is 1. The molecule has 86 valence electrons. The molecule has 0 bridgehead atoms. The highest BCUT2D eigenvalue weighted by Crippen LogP contribution is 2.16. The average Bonchev–Trinajstić information content (AvgIpc) is 1.99. The Morgan fingerprint density at radius 1 is 1.53 bits per heavy atom. The van der Waals surface area contributed by atoms with Crippen LogP contribution in [0.1, 0.15) is 33.6 Å². The molecular weight excluding hydrogens is 198 g/mol. The second kappa shape index (κ2) is 4.18. The summed E-state index contributed by atoms with van der Waals surface area (Å²) in [5.74, 6) is -0.372. The van der Waals surface area contributed by atoms with Crippen LogP contribution >= 0.6 is 0 Å². The van der Waals surface area contributed by atoms with Gasteiger partial charge in [-0.25, -0.2) is 9.69 Å². The molecule has 1 aliphatic rings. The minimum absolute atomic E-state index is 0.000751. The zero-order chi connectivity index (χ0) is 11.6. The maximum atomic E-state index is 11.5. The number of amides is 2. The van der Waals surface area contributed by atoms with Crippen molar-refractivity contribution < 1.29 is 19.4 Å². The second-order valence-electron chi connectivity index (χ2n) is 4.67. The molecule has 0 radical (unpaired) electrons. The molecule has 0 aromatic rings. The summed E-state index contributed by atoms with van der Waals surface area (Å²) in [5.41, 5.74) is -0.604. The van der Waals surface area contributed by atoms with E-state index < -0.39 is 17.8 Å². The first-order valence-electron chi connectivity index (χ1n) is 5.01. The van der Waals surface area contributed by atoms with Crippen LogP contribution in [0.2, 0.25) is 0 Å². The number of aliphatic hydroxyl groups excluding tert-OH is 1. The molecule has 5 heteroatoms. The molecule has 0 saturated carbocycles. The maximum Gasteiger partial charge on any atom is 0.417 e. The number of hydrogen-bond acceptors (Lipinski definition) is 4. The van der Waals surface area contributed by atoms with Crippen LogP contribution in [0.4, 0.5) is 4.79 Å². The molecule has 0 spiro atoms. The summed E-state index contributed by atoms with van der Waals surface area (Å²) >= 11 is 0. The van der Waals surface area contributed by atoms with Crippen molar-refractivity contribution >= 4 is 12.0 Å². The van der Waals surface area contributed by atoms with Crippen LogP contribution in [0.3, 0.4) is 0 Å². The minimum Gasteiger partial charge on any atom is -0.443 e. The highest BCUT2D eigenvalue weighted by molar-refractivity contribution is 5.92. The van der Waals surface area contributed by atoms with Crippen molar-refractivity contribution in [1.82, 2.24) is 4.90 Å². The lowest BCUT2D eigenvalue weighted by molar-refractivity contribution is -0.135. The molecule has 2 amide bonds. The van der Waals surface area contributed by atoms with Crippen molar-refractivity contribution in [2.24, 2.45) is 0 Å². The van der Waals surface area contributed by atoms with Crippen molar-refractivity contribution in [3.63, 3.8) is 0 Å². The Kier molecular flexibility index (Phi) is 3.34. The van der Waals surface area contributed by atoms with Crippen LogP contribution in [-0.4, -0.2) is 40.3 Å². The fraction of sp³-hybridized carbons (Fsp3) is 0.800. The molecule has 1 atom stereocenters. The van der Waals surface area contributed by atoms with Crippen molar-refractivity contribution in [3.8, 4) is 0 Å². The van der Waals surface area contributed by atoms with Gasteiger partial charge in [-0.05, 0) is 27.2 Å². The summed E-state index contributed by atoms with van der Waals surface area (Å²) in [5, 5.41) is 9.21. The van der Waals surface area contributed by atoms with Gasteiger partial charge in [0.25, 0.3) is 0 Å². The molecule has 1 heterocycles. The molecule has 1 N–H and O–H groups in total. The minimum atomic E-state index is -0.629. The Labute approximate surface area is 89.0 Å². The van der Waals surface area contributed by atoms with Gasteiger partial charge in [0.2, 0.25) is 5.91 Å². The van der Waals surface area contributed by atoms with Gasteiger partial charge in [-0.1, -0.05) is 0 Å². The van der Waals surface area contributed by atoms with E-state index in [1.165, 1.54) is 0 Å². The van der Waals surface area contributed by atoms with Gasteiger partial charge in [0.15, 0.2) is 0 Å². The Hall–Kier alpha value is -1.10. The molecule has 0 aliphatic carbocycles. The van der Waals surface area contributed by atoms with Crippen molar-refractivity contribution in [2.75, 3.05) is 6.54 Å². The number of carbonyl (C=O) groups excluding carboxylic acids is 2. The molecule has 1 unspecified atom stereocenters. The normalized spacial score (nSPS) is 22.8. The van der Waals surface area contributed by atoms with E-state index in [2.05, 4.69) is 0 Å². The number of carbonyl (C=O) groups is 2. The third-order valence-electron chi connectivity index (χ3n) is 2.01. The quantitative estimate of drug-likeness (QED) is 0.652. The van der Waals surface area contributed by atoms with E-state index in [-0.39, 0.29) is 18.9 Å². The molecule has 15 heavy (non-hydrogen) atoms. The predicted molar refractivity (Wildman–Crippen MR) is 53.2 cm³/mol. The fourth-order valence-electron chi connectivity index (χ4n) is 1.33. The summed E-state index contributed by atoms with van der Waals surface area (Å²) in [7, 11) is 0. The Morgan fingerprint density at radius 3 is 2.60 bits per heavy atom. The lowest BCUT2D eigenvalue weighted by atomic mass is 10.1. The molecule has 1 rings (SSSR count). The summed E-state index contributed by atoms with van der Waals surface area (Å²) in [6, 6.07) is 0. The number of piperidine rings is 1. The van der Waals surface area contributed by atoms with E-state index in [1.54, 1.807) is 20.8 Å². The van der Waals surface area contributed by atoms with Gasteiger partial charge < -0.3 is 9.84 Å². The first kappa shape index (κ1) is 12.0. The number of rotatable bonds is 0. The van der Waals surface area contributed by atoms with Gasteiger partial charge in [0, 0.05) is 6.54 Å². The van der Waals surface area contributed by atoms with Gasteiger partial charge in [0.1, 0.15) is 5.60 Å². The van der Waals surface area contributed by atoms with Crippen molar-refractivity contribution in [1.29, 1.82) is 0 Å². The van der Waals surface area contributed by atoms with Crippen LogP contribution in [0.5, 0.6) is 0 Å². The molecule has 1 saturated heterocycles. The number of likely N-dealkylation sites (tertiary alicyclic amines) is 1. The Bertz CT molecular complexity index is 269. The smallest absolute Gasteiger partial charge is 0.417 e. The summed E-state index contributed by atoms with van der Waals surface area (Å²) in [4.78, 5) is 24.0. The molecular formula is C10H17NO4. The van der Waals surface area contributed by atoms with Gasteiger partial charge in [-0.15, -0.1) is 0 Å². The van der Waals surface area contributed by atoms with Gasteiger partial charge in [-0.2, -0.15) is 0 Å². The fourth-order valence-corrected chi connectivity index (χ4v) is 1.33.